The molecule has 7 heteroatoms. The summed E-state index contributed by atoms with van der Waals surface area (Å²) in [5.74, 6) is 1.78. The van der Waals surface area contributed by atoms with Crippen LogP contribution in [0.5, 0.6) is 5.75 Å². The summed E-state index contributed by atoms with van der Waals surface area (Å²) in [5, 5.41) is 7.13. The molecule has 1 aliphatic carbocycles. The zero-order valence-electron chi connectivity index (χ0n) is 13.5. The Bertz CT molecular complexity index is 711. The molecule has 1 heterocycles. The van der Waals surface area contributed by atoms with Crippen LogP contribution in [0.25, 0.3) is 0 Å². The monoisotopic (exact) mass is 393 g/mol. The van der Waals surface area contributed by atoms with E-state index >= 15 is 0 Å². The fraction of sp³-hybridized carbons (Fsp3) is 0.471. The minimum Gasteiger partial charge on any atom is -0.493 e. The van der Waals surface area contributed by atoms with E-state index in [1.165, 1.54) is 0 Å². The second-order valence-corrected chi connectivity index (χ2v) is 6.95. The van der Waals surface area contributed by atoms with Gasteiger partial charge < -0.3 is 14.6 Å². The molecule has 1 fully saturated rings. The smallest absolute Gasteiger partial charge is 0.224 e. The van der Waals surface area contributed by atoms with Crippen molar-refractivity contribution in [2.24, 2.45) is 0 Å². The number of rotatable bonds is 6. The number of hydrogen-bond donors (Lipinski definition) is 1. The van der Waals surface area contributed by atoms with Gasteiger partial charge >= 0.3 is 0 Å². The number of aryl methyl sites for hydroxylation is 1. The van der Waals surface area contributed by atoms with Gasteiger partial charge in [-0.25, -0.2) is 0 Å². The predicted molar refractivity (Wildman–Crippen MR) is 91.6 cm³/mol. The number of aromatic nitrogens is 2. The van der Waals surface area contributed by atoms with Gasteiger partial charge in [0.2, 0.25) is 11.8 Å². The van der Waals surface area contributed by atoms with E-state index in [2.05, 4.69) is 31.4 Å². The van der Waals surface area contributed by atoms with Gasteiger partial charge in [-0.3, -0.25) is 4.79 Å². The highest BCUT2D eigenvalue weighted by Crippen LogP contribution is 2.37. The standard InChI is InChI=1S/C17H20BrN3O3/c1-12-19-16(21-24-12)17(8-2-3-9-17)20-15(22)7-10-23-14-6-4-5-13(18)11-14/h4-6,11H,2-3,7-10H2,1H3,(H,20,22). The molecule has 0 saturated heterocycles. The number of carbonyl (C=O) groups is 1. The van der Waals surface area contributed by atoms with Crippen LogP contribution in [0, 0.1) is 6.92 Å². The summed E-state index contributed by atoms with van der Waals surface area (Å²) in [5.41, 5.74) is -0.495. The van der Waals surface area contributed by atoms with E-state index in [0.717, 1.165) is 35.9 Å². The Morgan fingerprint density at radius 3 is 2.88 bits per heavy atom. The van der Waals surface area contributed by atoms with E-state index in [0.29, 0.717) is 18.3 Å². The molecule has 1 aliphatic rings. The number of benzene rings is 1. The molecule has 1 aromatic carbocycles. The number of hydrogen-bond acceptors (Lipinski definition) is 5. The van der Waals surface area contributed by atoms with E-state index < -0.39 is 5.54 Å². The molecule has 0 bridgehead atoms. The Morgan fingerprint density at radius 1 is 1.42 bits per heavy atom. The van der Waals surface area contributed by atoms with Crippen LogP contribution in [-0.2, 0) is 10.3 Å². The van der Waals surface area contributed by atoms with Gasteiger partial charge in [0, 0.05) is 11.4 Å². The molecule has 128 valence electrons. The van der Waals surface area contributed by atoms with Crippen molar-refractivity contribution in [2.75, 3.05) is 6.61 Å². The maximum Gasteiger partial charge on any atom is 0.224 e. The lowest BCUT2D eigenvalue weighted by Gasteiger charge is -2.26. The van der Waals surface area contributed by atoms with Crippen molar-refractivity contribution in [3.05, 3.63) is 40.5 Å². The van der Waals surface area contributed by atoms with Crippen LogP contribution in [0.4, 0.5) is 0 Å². The molecule has 2 aromatic rings. The van der Waals surface area contributed by atoms with Crippen molar-refractivity contribution in [1.29, 1.82) is 0 Å². The Hall–Kier alpha value is -1.89. The molecular formula is C17H20BrN3O3. The van der Waals surface area contributed by atoms with Crippen molar-refractivity contribution in [3.63, 3.8) is 0 Å². The Balaban J connectivity index is 1.56. The number of ether oxygens (including phenoxy) is 1. The predicted octanol–water partition coefficient (Wildman–Crippen LogP) is 3.50. The summed E-state index contributed by atoms with van der Waals surface area (Å²) in [6.45, 7) is 2.08. The average molecular weight is 394 g/mol. The molecule has 0 aliphatic heterocycles. The summed E-state index contributed by atoms with van der Waals surface area (Å²) in [7, 11) is 0. The van der Waals surface area contributed by atoms with Gasteiger partial charge in [-0.1, -0.05) is 40.0 Å². The van der Waals surface area contributed by atoms with Crippen LogP contribution in [0.2, 0.25) is 0 Å². The first-order valence-electron chi connectivity index (χ1n) is 8.08. The first kappa shape index (κ1) is 17.0. The third-order valence-corrected chi connectivity index (χ3v) is 4.68. The number of carbonyl (C=O) groups excluding carboxylic acids is 1. The highest BCUT2D eigenvalue weighted by Gasteiger charge is 2.41. The first-order valence-corrected chi connectivity index (χ1v) is 8.87. The SMILES string of the molecule is Cc1nc(C2(NC(=O)CCOc3cccc(Br)c3)CCCC2)no1. The Kier molecular flexibility index (Phi) is 5.18. The van der Waals surface area contributed by atoms with E-state index in [-0.39, 0.29) is 12.3 Å². The van der Waals surface area contributed by atoms with Crippen molar-refractivity contribution in [1.82, 2.24) is 15.5 Å². The lowest BCUT2D eigenvalue weighted by molar-refractivity contribution is -0.123. The van der Waals surface area contributed by atoms with Crippen LogP contribution in [0.3, 0.4) is 0 Å². The molecule has 0 radical (unpaired) electrons. The summed E-state index contributed by atoms with van der Waals surface area (Å²) in [6, 6.07) is 7.56. The Labute approximate surface area is 149 Å². The molecule has 0 atom stereocenters. The average Bonchev–Trinajstić information content (AvgIpc) is 3.17. The van der Waals surface area contributed by atoms with Crippen LogP contribution in [0.1, 0.15) is 43.8 Å². The first-order chi connectivity index (χ1) is 11.6. The number of amides is 1. The van der Waals surface area contributed by atoms with Gasteiger partial charge in [0.25, 0.3) is 0 Å². The summed E-state index contributed by atoms with van der Waals surface area (Å²) in [4.78, 5) is 16.7. The molecule has 0 unspecified atom stereocenters. The van der Waals surface area contributed by atoms with Gasteiger partial charge in [0.15, 0.2) is 5.82 Å². The van der Waals surface area contributed by atoms with Crippen molar-refractivity contribution in [3.8, 4) is 5.75 Å². The molecule has 6 nitrogen and oxygen atoms in total. The minimum atomic E-state index is -0.495. The molecule has 0 spiro atoms. The van der Waals surface area contributed by atoms with E-state index in [4.69, 9.17) is 9.26 Å². The molecule has 3 rings (SSSR count). The highest BCUT2D eigenvalue weighted by atomic mass is 79.9. The topological polar surface area (TPSA) is 77.2 Å². The summed E-state index contributed by atoms with van der Waals surface area (Å²) < 4.78 is 11.7. The van der Waals surface area contributed by atoms with Crippen molar-refractivity contribution >= 4 is 21.8 Å². The third kappa shape index (κ3) is 3.95. The minimum absolute atomic E-state index is 0.0608. The van der Waals surface area contributed by atoms with Crippen LogP contribution in [0.15, 0.2) is 33.3 Å². The van der Waals surface area contributed by atoms with Gasteiger partial charge in [-0.15, -0.1) is 0 Å². The van der Waals surface area contributed by atoms with E-state index in [1.54, 1.807) is 6.92 Å². The summed E-state index contributed by atoms with van der Waals surface area (Å²) in [6.07, 6.45) is 4.05. The van der Waals surface area contributed by atoms with Gasteiger partial charge in [-0.2, -0.15) is 4.98 Å². The van der Waals surface area contributed by atoms with Crippen LogP contribution < -0.4 is 10.1 Å². The lowest BCUT2D eigenvalue weighted by atomic mass is 9.96. The summed E-state index contributed by atoms with van der Waals surface area (Å²) >= 11 is 3.39. The second kappa shape index (κ2) is 7.34. The lowest BCUT2D eigenvalue weighted by Crippen LogP contribution is -2.45. The maximum absolute atomic E-state index is 12.4. The van der Waals surface area contributed by atoms with Crippen molar-refractivity contribution in [2.45, 2.75) is 44.6 Å². The number of halogens is 1. The Morgan fingerprint density at radius 2 is 2.21 bits per heavy atom. The van der Waals surface area contributed by atoms with Crippen LogP contribution in [-0.4, -0.2) is 22.7 Å². The van der Waals surface area contributed by atoms with E-state index in [9.17, 15) is 4.79 Å². The quantitative estimate of drug-likeness (QED) is 0.812. The molecule has 1 saturated carbocycles. The fourth-order valence-electron chi connectivity index (χ4n) is 3.02. The van der Waals surface area contributed by atoms with Crippen molar-refractivity contribution < 1.29 is 14.1 Å². The fourth-order valence-corrected chi connectivity index (χ4v) is 3.40. The largest absolute Gasteiger partial charge is 0.493 e. The molecule has 24 heavy (non-hydrogen) atoms. The van der Waals surface area contributed by atoms with Gasteiger partial charge in [0.05, 0.1) is 13.0 Å². The highest BCUT2D eigenvalue weighted by molar-refractivity contribution is 9.10. The normalized spacial score (nSPS) is 16.1. The zero-order chi connectivity index (χ0) is 17.0. The maximum atomic E-state index is 12.4. The van der Waals surface area contributed by atoms with Gasteiger partial charge in [0.1, 0.15) is 11.3 Å². The third-order valence-electron chi connectivity index (χ3n) is 4.19. The van der Waals surface area contributed by atoms with Gasteiger partial charge in [-0.05, 0) is 31.0 Å². The zero-order valence-corrected chi connectivity index (χ0v) is 15.1. The number of nitrogens with zero attached hydrogens (tertiary/aromatic N) is 2. The van der Waals surface area contributed by atoms with Crippen LogP contribution >= 0.6 is 15.9 Å². The molecule has 1 aromatic heterocycles. The molecule has 1 N–H and O–H groups in total. The second-order valence-electron chi connectivity index (χ2n) is 6.03. The molecule has 1 amide bonds. The molecular weight excluding hydrogens is 374 g/mol. The van der Waals surface area contributed by atoms with E-state index in [1.807, 2.05) is 24.3 Å². The number of nitrogens with one attached hydrogen (secondary N) is 1.